The summed E-state index contributed by atoms with van der Waals surface area (Å²) in [6.07, 6.45) is 3.57. The molecule has 1 atom stereocenters. The maximum atomic E-state index is 13.0. The second-order valence-corrected chi connectivity index (χ2v) is 8.56. The largest absolute Gasteiger partial charge is 0.384 e. The van der Waals surface area contributed by atoms with E-state index < -0.39 is 9.84 Å². The highest BCUT2D eigenvalue weighted by atomic mass is 35.5. The average molecular weight is 429 g/mol. The van der Waals surface area contributed by atoms with E-state index in [0.717, 1.165) is 5.82 Å². The first-order valence-corrected chi connectivity index (χ1v) is 10.4. The van der Waals surface area contributed by atoms with Crippen molar-refractivity contribution in [2.24, 2.45) is 7.05 Å². The molecule has 1 aliphatic heterocycles. The SMILES string of the molecule is COCCS(=O)(=O)c1ccc(C(=O)N2CCNCC2c2nccn2C)cc1.Cl. The van der Waals surface area contributed by atoms with Gasteiger partial charge in [-0.05, 0) is 24.3 Å². The standard InChI is InChI=1S/C18H24N4O4S.ClH/c1-21-9-8-20-17(21)16-13-19-7-10-22(16)18(23)14-3-5-15(6-4-14)27(24,25)12-11-26-2;/h3-6,8-9,16,19H,7,10-13H2,1-2H3;1H. The maximum absolute atomic E-state index is 13.0. The predicted octanol–water partition coefficient (Wildman–Crippen LogP) is 1.05. The van der Waals surface area contributed by atoms with Gasteiger partial charge in [0.2, 0.25) is 0 Å². The lowest BCUT2D eigenvalue weighted by atomic mass is 10.1. The van der Waals surface area contributed by atoms with Crippen LogP contribution in [-0.4, -0.2) is 67.9 Å². The van der Waals surface area contributed by atoms with Crippen LogP contribution in [0.4, 0.5) is 0 Å². The van der Waals surface area contributed by atoms with E-state index in [1.165, 1.54) is 19.2 Å². The molecule has 1 aromatic heterocycles. The van der Waals surface area contributed by atoms with E-state index in [9.17, 15) is 13.2 Å². The Morgan fingerprint density at radius 2 is 2.04 bits per heavy atom. The number of aryl methyl sites for hydroxylation is 1. The quantitative estimate of drug-likeness (QED) is 0.739. The van der Waals surface area contributed by atoms with Crippen LogP contribution in [0.2, 0.25) is 0 Å². The van der Waals surface area contributed by atoms with Crippen LogP contribution < -0.4 is 5.32 Å². The van der Waals surface area contributed by atoms with Gasteiger partial charge in [-0.25, -0.2) is 13.4 Å². The zero-order valence-corrected chi connectivity index (χ0v) is 17.5. The Kier molecular flexibility index (Phi) is 7.59. The molecule has 154 valence electrons. The number of aromatic nitrogens is 2. The Labute approximate surface area is 171 Å². The fourth-order valence-corrected chi connectivity index (χ4v) is 4.33. The molecule has 1 unspecified atom stereocenters. The van der Waals surface area contributed by atoms with Crippen LogP contribution in [0.15, 0.2) is 41.6 Å². The van der Waals surface area contributed by atoms with Gasteiger partial charge in [-0.2, -0.15) is 0 Å². The van der Waals surface area contributed by atoms with Crippen molar-refractivity contribution in [1.82, 2.24) is 19.8 Å². The normalized spacial score (nSPS) is 17.2. The number of nitrogens with one attached hydrogen (secondary N) is 1. The van der Waals surface area contributed by atoms with Crippen molar-refractivity contribution < 1.29 is 17.9 Å². The first-order chi connectivity index (χ1) is 12.9. The highest BCUT2D eigenvalue weighted by Crippen LogP contribution is 2.23. The molecular weight excluding hydrogens is 404 g/mol. The molecule has 0 spiro atoms. The number of rotatable bonds is 6. The molecule has 8 nitrogen and oxygen atoms in total. The van der Waals surface area contributed by atoms with E-state index in [1.807, 2.05) is 17.8 Å². The molecule has 0 bridgehead atoms. The van der Waals surface area contributed by atoms with Crippen molar-refractivity contribution in [2.45, 2.75) is 10.9 Å². The molecule has 2 aromatic rings. The highest BCUT2D eigenvalue weighted by Gasteiger charge is 2.31. The highest BCUT2D eigenvalue weighted by molar-refractivity contribution is 7.91. The molecule has 10 heteroatoms. The van der Waals surface area contributed by atoms with Crippen molar-refractivity contribution in [3.8, 4) is 0 Å². The van der Waals surface area contributed by atoms with Gasteiger partial charge in [0.05, 0.1) is 17.3 Å². The summed E-state index contributed by atoms with van der Waals surface area (Å²) >= 11 is 0. The van der Waals surface area contributed by atoms with Gasteiger partial charge in [0, 0.05) is 51.7 Å². The summed E-state index contributed by atoms with van der Waals surface area (Å²) in [5, 5.41) is 3.30. The molecule has 1 aromatic carbocycles. The van der Waals surface area contributed by atoms with Crippen molar-refractivity contribution in [1.29, 1.82) is 0 Å². The first kappa shape index (κ1) is 22.4. The van der Waals surface area contributed by atoms with Gasteiger partial charge in [0.1, 0.15) is 11.9 Å². The summed E-state index contributed by atoms with van der Waals surface area (Å²) in [4.78, 5) is 19.4. The average Bonchev–Trinajstić information content (AvgIpc) is 3.11. The molecule has 28 heavy (non-hydrogen) atoms. The number of carbonyl (C=O) groups is 1. The van der Waals surface area contributed by atoms with E-state index in [1.54, 1.807) is 23.2 Å². The Hall–Kier alpha value is -1.94. The Balaban J connectivity index is 0.00000280. The maximum Gasteiger partial charge on any atom is 0.254 e. The Morgan fingerprint density at radius 1 is 1.32 bits per heavy atom. The number of hydrogen-bond acceptors (Lipinski definition) is 6. The van der Waals surface area contributed by atoms with Crippen molar-refractivity contribution in [2.75, 3.05) is 39.1 Å². The van der Waals surface area contributed by atoms with Gasteiger partial charge in [0.15, 0.2) is 9.84 Å². The molecule has 0 saturated carbocycles. The fourth-order valence-electron chi connectivity index (χ4n) is 3.16. The summed E-state index contributed by atoms with van der Waals surface area (Å²) in [5.74, 6) is 0.593. The van der Waals surface area contributed by atoms with Gasteiger partial charge in [-0.15, -0.1) is 12.4 Å². The molecule has 0 radical (unpaired) electrons. The number of imidazole rings is 1. The number of benzene rings is 1. The second-order valence-electron chi connectivity index (χ2n) is 6.45. The van der Waals surface area contributed by atoms with Crippen molar-refractivity contribution in [3.05, 3.63) is 48.0 Å². The van der Waals surface area contributed by atoms with E-state index in [0.29, 0.717) is 25.2 Å². The minimum Gasteiger partial charge on any atom is -0.384 e. The number of hydrogen-bond donors (Lipinski definition) is 1. The minimum atomic E-state index is -3.41. The number of sulfone groups is 1. The van der Waals surface area contributed by atoms with E-state index in [2.05, 4.69) is 10.3 Å². The van der Waals surface area contributed by atoms with E-state index in [-0.39, 0.29) is 41.6 Å². The molecule has 1 saturated heterocycles. The predicted molar refractivity (Wildman–Crippen MR) is 107 cm³/mol. The van der Waals surface area contributed by atoms with Crippen LogP contribution in [0, 0.1) is 0 Å². The van der Waals surface area contributed by atoms with Gasteiger partial charge in [-0.1, -0.05) is 0 Å². The van der Waals surface area contributed by atoms with Crippen LogP contribution in [0.25, 0.3) is 0 Å². The monoisotopic (exact) mass is 428 g/mol. The molecule has 1 N–H and O–H groups in total. The summed E-state index contributed by atoms with van der Waals surface area (Å²) in [6, 6.07) is 5.93. The number of nitrogens with zero attached hydrogens (tertiary/aromatic N) is 3. The minimum absolute atomic E-state index is 0. The summed E-state index contributed by atoms with van der Waals surface area (Å²) in [5.41, 5.74) is 0.460. The molecule has 0 aliphatic carbocycles. The number of methoxy groups -OCH3 is 1. The first-order valence-electron chi connectivity index (χ1n) is 8.74. The van der Waals surface area contributed by atoms with E-state index in [4.69, 9.17) is 4.74 Å². The third-order valence-corrected chi connectivity index (χ3v) is 6.37. The van der Waals surface area contributed by atoms with Gasteiger partial charge >= 0.3 is 0 Å². The van der Waals surface area contributed by atoms with Crippen molar-refractivity contribution in [3.63, 3.8) is 0 Å². The van der Waals surface area contributed by atoms with Crippen LogP contribution in [-0.2, 0) is 21.6 Å². The fraction of sp³-hybridized carbons (Fsp3) is 0.444. The molecule has 1 fully saturated rings. The lowest BCUT2D eigenvalue weighted by Crippen LogP contribution is -2.49. The van der Waals surface area contributed by atoms with Crippen molar-refractivity contribution >= 4 is 28.2 Å². The van der Waals surface area contributed by atoms with Crippen LogP contribution in [0.5, 0.6) is 0 Å². The summed E-state index contributed by atoms with van der Waals surface area (Å²) in [6.45, 7) is 2.02. The van der Waals surface area contributed by atoms with Gasteiger partial charge in [0.25, 0.3) is 5.91 Å². The van der Waals surface area contributed by atoms with Crippen LogP contribution in [0.1, 0.15) is 22.2 Å². The molecule has 3 rings (SSSR count). The van der Waals surface area contributed by atoms with Crippen LogP contribution >= 0.6 is 12.4 Å². The van der Waals surface area contributed by atoms with Gasteiger partial charge in [-0.3, -0.25) is 4.79 Å². The zero-order chi connectivity index (χ0) is 19.4. The van der Waals surface area contributed by atoms with E-state index >= 15 is 0 Å². The third kappa shape index (κ3) is 4.72. The second kappa shape index (κ2) is 9.51. The summed E-state index contributed by atoms with van der Waals surface area (Å²) < 4.78 is 31.2. The number of carbonyl (C=O) groups excluding carboxylic acids is 1. The molecule has 2 heterocycles. The number of amides is 1. The smallest absolute Gasteiger partial charge is 0.254 e. The van der Waals surface area contributed by atoms with Crippen LogP contribution in [0.3, 0.4) is 0 Å². The Bertz CT molecular complexity index is 899. The lowest BCUT2D eigenvalue weighted by molar-refractivity contribution is 0.0620. The number of piperazine rings is 1. The summed E-state index contributed by atoms with van der Waals surface area (Å²) in [7, 11) is -0.0517. The molecule has 1 aliphatic rings. The third-order valence-electron chi connectivity index (χ3n) is 4.68. The lowest BCUT2D eigenvalue weighted by Gasteiger charge is -2.35. The molecular formula is C18H25ClN4O4S. The van der Waals surface area contributed by atoms with Gasteiger partial charge < -0.3 is 19.5 Å². The topological polar surface area (TPSA) is 93.5 Å². The number of ether oxygens (including phenoxy) is 1. The Morgan fingerprint density at radius 3 is 2.64 bits per heavy atom. The zero-order valence-electron chi connectivity index (χ0n) is 15.9. The number of halogens is 1. The molecule has 1 amide bonds.